The van der Waals surface area contributed by atoms with Gasteiger partial charge in [0.15, 0.2) is 0 Å². The van der Waals surface area contributed by atoms with Crippen LogP contribution in [0.1, 0.15) is 19.8 Å². The molecule has 0 bridgehead atoms. The van der Waals surface area contributed by atoms with Crippen molar-refractivity contribution in [1.82, 2.24) is 19.8 Å². The largest absolute Gasteiger partial charge is 0.354 e. The average Bonchev–Trinajstić information content (AvgIpc) is 2.99. The van der Waals surface area contributed by atoms with Gasteiger partial charge in [0, 0.05) is 37.6 Å². The molecule has 11 heteroatoms. The predicted octanol–water partition coefficient (Wildman–Crippen LogP) is 1.11. The summed E-state index contributed by atoms with van der Waals surface area (Å²) in [5, 5.41) is 4.79. The van der Waals surface area contributed by atoms with Crippen molar-refractivity contribution in [2.24, 2.45) is 0 Å². The first-order valence-electron chi connectivity index (χ1n) is 10.7. The number of carbonyl (C=O) groups is 3. The standard InChI is InChI=1S/C22H25ClN4O5S/c1-14(21(29)26-9-7-20(28)24-8-11-26)27-10-6-19(22(27)30)25-33(31,32)18-5-3-15-12-17(23)4-2-16(15)13-18/h2-5,12-14,19,25H,6-11H2,1H3,(H,24,28)/t14-,19?/m0/s1. The van der Waals surface area contributed by atoms with E-state index in [9.17, 15) is 22.8 Å². The van der Waals surface area contributed by atoms with Crippen molar-refractivity contribution < 1.29 is 22.8 Å². The normalized spacial score (nSPS) is 20.6. The molecular weight excluding hydrogens is 468 g/mol. The molecule has 0 aromatic heterocycles. The molecule has 0 radical (unpaired) electrons. The van der Waals surface area contributed by atoms with E-state index in [2.05, 4.69) is 10.0 Å². The molecule has 2 atom stereocenters. The summed E-state index contributed by atoms with van der Waals surface area (Å²) in [7, 11) is -3.95. The minimum Gasteiger partial charge on any atom is -0.354 e. The fourth-order valence-corrected chi connectivity index (χ4v) is 5.64. The lowest BCUT2D eigenvalue weighted by Crippen LogP contribution is -2.50. The summed E-state index contributed by atoms with van der Waals surface area (Å²) in [4.78, 5) is 40.4. The molecule has 3 amide bonds. The van der Waals surface area contributed by atoms with E-state index >= 15 is 0 Å². The maximum Gasteiger partial charge on any atom is 0.245 e. The van der Waals surface area contributed by atoms with Gasteiger partial charge in [-0.1, -0.05) is 23.7 Å². The Kier molecular flexibility index (Phi) is 6.60. The number of rotatable bonds is 5. The van der Waals surface area contributed by atoms with Crippen LogP contribution in [0.5, 0.6) is 0 Å². The second kappa shape index (κ2) is 9.28. The van der Waals surface area contributed by atoms with E-state index in [1.807, 2.05) is 0 Å². The van der Waals surface area contributed by atoms with Crippen molar-refractivity contribution in [3.63, 3.8) is 0 Å². The van der Waals surface area contributed by atoms with Crippen LogP contribution in [0, 0.1) is 0 Å². The lowest BCUT2D eigenvalue weighted by molar-refractivity contribution is -0.143. The molecule has 2 heterocycles. The summed E-state index contributed by atoms with van der Waals surface area (Å²) in [6, 6.07) is 8.14. The van der Waals surface area contributed by atoms with Crippen molar-refractivity contribution >= 4 is 50.1 Å². The van der Waals surface area contributed by atoms with E-state index in [0.29, 0.717) is 30.0 Å². The average molecular weight is 493 g/mol. The number of nitrogens with zero attached hydrogens (tertiary/aromatic N) is 2. The molecule has 4 rings (SSSR count). The van der Waals surface area contributed by atoms with Gasteiger partial charge in [0.1, 0.15) is 12.1 Å². The van der Waals surface area contributed by atoms with Gasteiger partial charge in [-0.3, -0.25) is 14.4 Å². The summed E-state index contributed by atoms with van der Waals surface area (Å²) in [6.45, 7) is 2.93. The Morgan fingerprint density at radius 2 is 1.85 bits per heavy atom. The highest BCUT2D eigenvalue weighted by Crippen LogP contribution is 2.24. The molecule has 0 spiro atoms. The quantitative estimate of drug-likeness (QED) is 0.648. The van der Waals surface area contributed by atoms with Crippen LogP contribution in [0.2, 0.25) is 5.02 Å². The van der Waals surface area contributed by atoms with Gasteiger partial charge in [-0.15, -0.1) is 0 Å². The van der Waals surface area contributed by atoms with Crippen LogP contribution in [0.4, 0.5) is 0 Å². The van der Waals surface area contributed by atoms with Crippen molar-refractivity contribution in [3.8, 4) is 0 Å². The van der Waals surface area contributed by atoms with Gasteiger partial charge in [-0.2, -0.15) is 4.72 Å². The third-order valence-electron chi connectivity index (χ3n) is 6.07. The van der Waals surface area contributed by atoms with E-state index in [1.165, 1.54) is 17.0 Å². The lowest BCUT2D eigenvalue weighted by Gasteiger charge is -2.29. The maximum absolute atomic E-state index is 13.0. The van der Waals surface area contributed by atoms with Crippen LogP contribution in [-0.2, 0) is 24.4 Å². The van der Waals surface area contributed by atoms with Crippen LogP contribution in [0.25, 0.3) is 10.8 Å². The van der Waals surface area contributed by atoms with E-state index < -0.39 is 28.0 Å². The topological polar surface area (TPSA) is 116 Å². The van der Waals surface area contributed by atoms with Crippen LogP contribution < -0.4 is 10.0 Å². The molecule has 2 aliphatic heterocycles. The Balaban J connectivity index is 1.44. The fourth-order valence-electron chi connectivity index (χ4n) is 4.20. The summed E-state index contributed by atoms with van der Waals surface area (Å²) in [5.74, 6) is -0.797. The summed E-state index contributed by atoms with van der Waals surface area (Å²) in [5.41, 5.74) is 0. The predicted molar refractivity (Wildman–Crippen MR) is 123 cm³/mol. The zero-order chi connectivity index (χ0) is 23.8. The highest BCUT2D eigenvalue weighted by atomic mass is 35.5. The van der Waals surface area contributed by atoms with Crippen molar-refractivity contribution in [3.05, 3.63) is 41.4 Å². The zero-order valence-corrected chi connectivity index (χ0v) is 19.7. The molecule has 2 aromatic rings. The van der Waals surface area contributed by atoms with Gasteiger partial charge in [-0.25, -0.2) is 8.42 Å². The van der Waals surface area contributed by atoms with Gasteiger partial charge in [0.25, 0.3) is 0 Å². The Hall–Kier alpha value is -2.69. The van der Waals surface area contributed by atoms with E-state index in [1.54, 1.807) is 36.1 Å². The molecule has 2 N–H and O–H groups in total. The first kappa shape index (κ1) is 23.5. The van der Waals surface area contributed by atoms with Crippen LogP contribution in [-0.4, -0.2) is 74.2 Å². The molecule has 176 valence electrons. The van der Waals surface area contributed by atoms with Crippen LogP contribution in [0.3, 0.4) is 0 Å². The number of nitrogens with one attached hydrogen (secondary N) is 2. The third kappa shape index (κ3) is 4.97. The van der Waals surface area contributed by atoms with Crippen molar-refractivity contribution in [1.29, 1.82) is 0 Å². The summed E-state index contributed by atoms with van der Waals surface area (Å²) < 4.78 is 28.4. The number of likely N-dealkylation sites (tertiary alicyclic amines) is 1. The molecule has 0 aliphatic carbocycles. The fraction of sp³-hybridized carbons (Fsp3) is 0.409. The molecule has 33 heavy (non-hydrogen) atoms. The molecule has 2 fully saturated rings. The number of hydrogen-bond donors (Lipinski definition) is 2. The SMILES string of the molecule is C[C@@H](C(=O)N1CCNC(=O)CC1)N1CCC(NS(=O)(=O)c2ccc3cc(Cl)ccc3c2)C1=O. The molecule has 2 saturated heterocycles. The Morgan fingerprint density at radius 3 is 2.64 bits per heavy atom. The van der Waals surface area contributed by atoms with Crippen molar-refractivity contribution in [2.45, 2.75) is 36.7 Å². The van der Waals surface area contributed by atoms with Crippen LogP contribution >= 0.6 is 11.6 Å². The monoisotopic (exact) mass is 492 g/mol. The number of benzene rings is 2. The minimum atomic E-state index is -3.95. The van der Waals surface area contributed by atoms with E-state index in [-0.39, 0.29) is 36.1 Å². The highest BCUT2D eigenvalue weighted by Gasteiger charge is 2.40. The summed E-state index contributed by atoms with van der Waals surface area (Å²) in [6.07, 6.45) is 0.478. The number of amides is 3. The van der Waals surface area contributed by atoms with Gasteiger partial charge in [0.2, 0.25) is 27.7 Å². The second-order valence-electron chi connectivity index (χ2n) is 8.25. The number of carbonyl (C=O) groups excluding carboxylic acids is 3. The molecular formula is C22H25ClN4O5S. The number of halogens is 1. The maximum atomic E-state index is 13.0. The Morgan fingerprint density at radius 1 is 1.12 bits per heavy atom. The third-order valence-corrected chi connectivity index (χ3v) is 7.78. The molecule has 1 unspecified atom stereocenters. The van der Waals surface area contributed by atoms with E-state index in [4.69, 9.17) is 11.6 Å². The highest BCUT2D eigenvalue weighted by molar-refractivity contribution is 7.89. The zero-order valence-electron chi connectivity index (χ0n) is 18.1. The molecule has 9 nitrogen and oxygen atoms in total. The van der Waals surface area contributed by atoms with Gasteiger partial charge >= 0.3 is 0 Å². The smallest absolute Gasteiger partial charge is 0.245 e. The second-order valence-corrected chi connectivity index (χ2v) is 10.4. The van der Waals surface area contributed by atoms with E-state index in [0.717, 1.165) is 5.39 Å². The molecule has 2 aromatic carbocycles. The molecule has 0 saturated carbocycles. The number of fused-ring (bicyclic) bond motifs is 1. The first-order chi connectivity index (χ1) is 15.7. The Labute approximate surface area is 197 Å². The van der Waals surface area contributed by atoms with Gasteiger partial charge < -0.3 is 15.1 Å². The molecule has 2 aliphatic rings. The number of hydrogen-bond acceptors (Lipinski definition) is 5. The lowest BCUT2D eigenvalue weighted by atomic mass is 10.1. The Bertz CT molecular complexity index is 1220. The van der Waals surface area contributed by atoms with Gasteiger partial charge in [-0.05, 0) is 48.4 Å². The number of sulfonamides is 1. The van der Waals surface area contributed by atoms with Crippen molar-refractivity contribution in [2.75, 3.05) is 26.2 Å². The minimum absolute atomic E-state index is 0.0504. The first-order valence-corrected chi connectivity index (χ1v) is 12.6. The van der Waals surface area contributed by atoms with Gasteiger partial charge in [0.05, 0.1) is 4.90 Å². The van der Waals surface area contributed by atoms with Crippen LogP contribution in [0.15, 0.2) is 41.3 Å². The summed E-state index contributed by atoms with van der Waals surface area (Å²) >= 11 is 5.99.